The van der Waals surface area contributed by atoms with Gasteiger partial charge in [0.15, 0.2) is 0 Å². The van der Waals surface area contributed by atoms with Crippen LogP contribution in [0.25, 0.3) is 0 Å². The summed E-state index contributed by atoms with van der Waals surface area (Å²) < 4.78 is 2.01. The minimum atomic E-state index is 0.0880. The molecule has 0 aliphatic carbocycles. The second-order valence-electron chi connectivity index (χ2n) is 4.54. The van der Waals surface area contributed by atoms with Crippen molar-refractivity contribution in [1.29, 1.82) is 0 Å². The van der Waals surface area contributed by atoms with Gasteiger partial charge in [-0.1, -0.05) is 13.8 Å². The van der Waals surface area contributed by atoms with E-state index in [9.17, 15) is 4.79 Å². The molecule has 4 heteroatoms. The molecule has 0 radical (unpaired) electrons. The smallest absolute Gasteiger partial charge is 0.268 e. The zero-order valence-electron chi connectivity index (χ0n) is 9.00. The standard InChI is InChI=1S/C10H17N3O/c1-7(2)4-13-9-6-12(3)5-8(9)10(14)11-13/h7H,4-6H2,1-3H3,(H,11,14). The van der Waals surface area contributed by atoms with E-state index in [1.165, 1.54) is 5.69 Å². The predicted octanol–water partition coefficient (Wildman–Crippen LogP) is 0.778. The summed E-state index contributed by atoms with van der Waals surface area (Å²) in [6, 6.07) is 0. The van der Waals surface area contributed by atoms with Crippen LogP contribution >= 0.6 is 0 Å². The normalized spacial score (nSPS) is 16.6. The summed E-state index contributed by atoms with van der Waals surface area (Å²) in [6.07, 6.45) is 0. The van der Waals surface area contributed by atoms with Gasteiger partial charge in [-0.3, -0.25) is 19.5 Å². The molecular weight excluding hydrogens is 178 g/mol. The highest BCUT2D eigenvalue weighted by atomic mass is 16.1. The van der Waals surface area contributed by atoms with Crippen molar-refractivity contribution in [3.05, 3.63) is 21.6 Å². The minimum absolute atomic E-state index is 0.0880. The van der Waals surface area contributed by atoms with Gasteiger partial charge in [0, 0.05) is 19.6 Å². The molecule has 1 aliphatic rings. The van der Waals surface area contributed by atoms with Gasteiger partial charge in [-0.25, -0.2) is 0 Å². The Bertz CT molecular complexity index is 389. The van der Waals surface area contributed by atoms with Crippen molar-refractivity contribution in [2.45, 2.75) is 33.5 Å². The molecule has 0 aromatic carbocycles. The highest BCUT2D eigenvalue weighted by Crippen LogP contribution is 2.18. The summed E-state index contributed by atoms with van der Waals surface area (Å²) in [4.78, 5) is 13.7. The Morgan fingerprint density at radius 1 is 1.43 bits per heavy atom. The monoisotopic (exact) mass is 195 g/mol. The maximum atomic E-state index is 11.6. The molecular formula is C10H17N3O. The van der Waals surface area contributed by atoms with Gasteiger partial charge >= 0.3 is 0 Å². The quantitative estimate of drug-likeness (QED) is 0.757. The first-order chi connectivity index (χ1) is 6.58. The summed E-state index contributed by atoms with van der Waals surface area (Å²) >= 11 is 0. The molecule has 0 unspecified atom stereocenters. The van der Waals surface area contributed by atoms with E-state index < -0.39 is 0 Å². The fraction of sp³-hybridized carbons (Fsp3) is 0.700. The Balaban J connectivity index is 2.35. The maximum Gasteiger partial charge on any atom is 0.268 e. The van der Waals surface area contributed by atoms with Crippen molar-refractivity contribution in [2.75, 3.05) is 7.05 Å². The second kappa shape index (κ2) is 3.28. The van der Waals surface area contributed by atoms with Gasteiger partial charge in [0.1, 0.15) is 0 Å². The first-order valence-electron chi connectivity index (χ1n) is 5.07. The van der Waals surface area contributed by atoms with Gasteiger partial charge in [0.2, 0.25) is 0 Å². The van der Waals surface area contributed by atoms with Crippen LogP contribution in [0, 0.1) is 5.92 Å². The zero-order valence-corrected chi connectivity index (χ0v) is 9.00. The van der Waals surface area contributed by atoms with Gasteiger partial charge in [-0.2, -0.15) is 0 Å². The number of aromatic nitrogens is 2. The van der Waals surface area contributed by atoms with Crippen LogP contribution in [0.2, 0.25) is 0 Å². The second-order valence-corrected chi connectivity index (χ2v) is 4.54. The lowest BCUT2D eigenvalue weighted by Crippen LogP contribution is -2.18. The summed E-state index contributed by atoms with van der Waals surface area (Å²) in [6.45, 7) is 6.89. The van der Waals surface area contributed by atoms with Gasteiger partial charge in [0.05, 0.1) is 11.3 Å². The highest BCUT2D eigenvalue weighted by molar-refractivity contribution is 5.21. The number of H-pyrrole nitrogens is 1. The third-order valence-corrected chi connectivity index (χ3v) is 2.58. The molecule has 1 aliphatic heterocycles. The van der Waals surface area contributed by atoms with E-state index in [4.69, 9.17) is 0 Å². The molecule has 1 N–H and O–H groups in total. The Morgan fingerprint density at radius 3 is 2.79 bits per heavy atom. The van der Waals surface area contributed by atoms with Crippen LogP contribution in [-0.4, -0.2) is 21.7 Å². The number of rotatable bonds is 2. The van der Waals surface area contributed by atoms with Gasteiger partial charge in [-0.15, -0.1) is 0 Å². The molecule has 0 spiro atoms. The molecule has 1 aromatic heterocycles. The lowest BCUT2D eigenvalue weighted by atomic mass is 10.2. The van der Waals surface area contributed by atoms with E-state index in [-0.39, 0.29) is 5.56 Å². The molecule has 2 rings (SSSR count). The number of aromatic amines is 1. The zero-order chi connectivity index (χ0) is 10.3. The van der Waals surface area contributed by atoms with Crippen molar-refractivity contribution in [3.8, 4) is 0 Å². The van der Waals surface area contributed by atoms with Crippen molar-refractivity contribution < 1.29 is 0 Å². The Kier molecular flexibility index (Phi) is 2.23. The summed E-state index contributed by atoms with van der Waals surface area (Å²) in [7, 11) is 2.04. The van der Waals surface area contributed by atoms with E-state index >= 15 is 0 Å². The van der Waals surface area contributed by atoms with E-state index in [0.29, 0.717) is 5.92 Å². The van der Waals surface area contributed by atoms with Crippen LogP contribution in [0.4, 0.5) is 0 Å². The highest BCUT2D eigenvalue weighted by Gasteiger charge is 2.23. The van der Waals surface area contributed by atoms with Crippen LogP contribution in [0.15, 0.2) is 4.79 Å². The predicted molar refractivity (Wildman–Crippen MR) is 55.1 cm³/mol. The number of hydrogen-bond donors (Lipinski definition) is 1. The molecule has 0 bridgehead atoms. The van der Waals surface area contributed by atoms with E-state index in [1.807, 2.05) is 11.7 Å². The number of nitrogens with zero attached hydrogens (tertiary/aromatic N) is 2. The van der Waals surface area contributed by atoms with Gasteiger partial charge < -0.3 is 0 Å². The van der Waals surface area contributed by atoms with E-state index in [1.54, 1.807) is 0 Å². The Labute approximate surface area is 83.5 Å². The fourth-order valence-corrected chi connectivity index (χ4v) is 2.00. The van der Waals surface area contributed by atoms with Crippen LogP contribution in [0.5, 0.6) is 0 Å². The van der Waals surface area contributed by atoms with E-state index in [2.05, 4.69) is 23.8 Å². The lowest BCUT2D eigenvalue weighted by Gasteiger charge is -2.11. The molecule has 2 heterocycles. The van der Waals surface area contributed by atoms with Crippen molar-refractivity contribution in [2.24, 2.45) is 5.92 Å². The Morgan fingerprint density at radius 2 is 2.14 bits per heavy atom. The van der Waals surface area contributed by atoms with Crippen molar-refractivity contribution in [1.82, 2.24) is 14.7 Å². The molecule has 78 valence electrons. The number of fused-ring (bicyclic) bond motifs is 1. The lowest BCUT2D eigenvalue weighted by molar-refractivity contribution is 0.335. The molecule has 0 saturated heterocycles. The molecule has 0 fully saturated rings. The van der Waals surface area contributed by atoms with Crippen LogP contribution < -0.4 is 5.56 Å². The molecule has 1 aromatic rings. The SMILES string of the molecule is CC(C)Cn1[nH]c(=O)c2c1CN(C)C2. The molecule has 0 atom stereocenters. The van der Waals surface area contributed by atoms with Crippen LogP contribution in [-0.2, 0) is 19.6 Å². The summed E-state index contributed by atoms with van der Waals surface area (Å²) in [5.74, 6) is 0.563. The van der Waals surface area contributed by atoms with Crippen LogP contribution in [0.1, 0.15) is 25.1 Å². The minimum Gasteiger partial charge on any atom is -0.296 e. The third-order valence-electron chi connectivity index (χ3n) is 2.58. The fourth-order valence-electron chi connectivity index (χ4n) is 2.00. The largest absolute Gasteiger partial charge is 0.296 e. The van der Waals surface area contributed by atoms with Gasteiger partial charge in [-0.05, 0) is 13.0 Å². The summed E-state index contributed by atoms with van der Waals surface area (Å²) in [5, 5.41) is 2.90. The molecule has 4 nitrogen and oxygen atoms in total. The Hall–Kier alpha value is -1.03. The molecule has 0 amide bonds. The van der Waals surface area contributed by atoms with E-state index in [0.717, 1.165) is 25.2 Å². The average Bonchev–Trinajstić information content (AvgIpc) is 2.54. The average molecular weight is 195 g/mol. The first kappa shape index (κ1) is 9.52. The third kappa shape index (κ3) is 1.50. The van der Waals surface area contributed by atoms with Gasteiger partial charge in [0.25, 0.3) is 5.56 Å². The number of nitrogens with one attached hydrogen (secondary N) is 1. The number of hydrogen-bond acceptors (Lipinski definition) is 2. The molecule has 14 heavy (non-hydrogen) atoms. The van der Waals surface area contributed by atoms with Crippen LogP contribution in [0.3, 0.4) is 0 Å². The maximum absolute atomic E-state index is 11.6. The molecule has 0 saturated carbocycles. The first-order valence-corrected chi connectivity index (χ1v) is 5.07. The summed E-state index contributed by atoms with van der Waals surface area (Å²) in [5.41, 5.74) is 2.21. The van der Waals surface area contributed by atoms with Crippen molar-refractivity contribution in [3.63, 3.8) is 0 Å². The topological polar surface area (TPSA) is 41.0 Å². The van der Waals surface area contributed by atoms with Crippen molar-refractivity contribution >= 4 is 0 Å².